The Balaban J connectivity index is 2.18. The van der Waals surface area contributed by atoms with Crippen LogP contribution < -0.4 is 5.73 Å². The van der Waals surface area contributed by atoms with Gasteiger partial charge in [0.2, 0.25) is 0 Å². The van der Waals surface area contributed by atoms with E-state index in [9.17, 15) is 0 Å². The molecule has 0 aliphatic carbocycles. The van der Waals surface area contributed by atoms with E-state index in [0.29, 0.717) is 0 Å². The second-order valence-electron chi connectivity index (χ2n) is 3.41. The molecule has 1 aliphatic rings. The molecule has 3 heteroatoms. The predicted octanol–water partition coefficient (Wildman–Crippen LogP) is -0.210. The zero-order chi connectivity index (χ0) is 8.27. The van der Waals surface area contributed by atoms with E-state index in [4.69, 9.17) is 10.8 Å². The molecule has 1 rings (SSSR count). The van der Waals surface area contributed by atoms with Gasteiger partial charge >= 0.3 is 0 Å². The molecule has 0 aromatic carbocycles. The van der Waals surface area contributed by atoms with Crippen molar-refractivity contribution in [3.8, 4) is 0 Å². The average molecular weight is 158 g/mol. The molecule has 2 unspecified atom stereocenters. The molecule has 1 saturated heterocycles. The maximum Gasteiger partial charge on any atom is 0.0675 e. The van der Waals surface area contributed by atoms with Crippen LogP contribution in [0, 0.1) is 0 Å². The van der Waals surface area contributed by atoms with E-state index in [1.807, 2.05) is 0 Å². The number of rotatable bonds is 3. The van der Waals surface area contributed by atoms with Gasteiger partial charge in [-0.3, -0.25) is 0 Å². The first kappa shape index (κ1) is 8.97. The highest BCUT2D eigenvalue weighted by Gasteiger charge is 2.17. The minimum absolute atomic E-state index is 0.0758. The van der Waals surface area contributed by atoms with E-state index in [-0.39, 0.29) is 12.1 Å². The van der Waals surface area contributed by atoms with E-state index in [2.05, 4.69) is 4.90 Å². The number of hydrogen-bond acceptors (Lipinski definition) is 3. The quantitative estimate of drug-likeness (QED) is 0.597. The van der Waals surface area contributed by atoms with Crippen molar-refractivity contribution >= 4 is 0 Å². The SMILES string of the molecule is CC(O)C(N)CN1CCCC1. The molecular formula is C8H18N2O. The maximum absolute atomic E-state index is 9.13. The highest BCUT2D eigenvalue weighted by molar-refractivity contribution is 4.75. The normalized spacial score (nSPS) is 25.4. The summed E-state index contributed by atoms with van der Waals surface area (Å²) in [6, 6.07) is -0.0758. The van der Waals surface area contributed by atoms with Crippen molar-refractivity contribution in [3.63, 3.8) is 0 Å². The van der Waals surface area contributed by atoms with Crippen molar-refractivity contribution < 1.29 is 5.11 Å². The Morgan fingerprint density at radius 2 is 2.00 bits per heavy atom. The summed E-state index contributed by atoms with van der Waals surface area (Å²) in [5.74, 6) is 0. The van der Waals surface area contributed by atoms with Crippen LogP contribution in [0.2, 0.25) is 0 Å². The van der Waals surface area contributed by atoms with Crippen molar-refractivity contribution in [2.75, 3.05) is 19.6 Å². The Labute approximate surface area is 68.2 Å². The van der Waals surface area contributed by atoms with Crippen molar-refractivity contribution in [2.45, 2.75) is 31.9 Å². The lowest BCUT2D eigenvalue weighted by molar-refractivity contribution is 0.140. The molecule has 1 aliphatic heterocycles. The molecule has 0 spiro atoms. The Kier molecular flexibility index (Phi) is 3.30. The van der Waals surface area contributed by atoms with Gasteiger partial charge in [0.1, 0.15) is 0 Å². The van der Waals surface area contributed by atoms with Gasteiger partial charge < -0.3 is 15.7 Å². The lowest BCUT2D eigenvalue weighted by Gasteiger charge is -2.21. The topological polar surface area (TPSA) is 49.5 Å². The number of nitrogens with zero attached hydrogens (tertiary/aromatic N) is 1. The summed E-state index contributed by atoms with van der Waals surface area (Å²) >= 11 is 0. The Bertz CT molecular complexity index is 111. The third-order valence-corrected chi connectivity index (χ3v) is 2.29. The second-order valence-corrected chi connectivity index (χ2v) is 3.41. The van der Waals surface area contributed by atoms with Gasteiger partial charge in [-0.2, -0.15) is 0 Å². The van der Waals surface area contributed by atoms with Crippen LogP contribution in [-0.4, -0.2) is 41.8 Å². The van der Waals surface area contributed by atoms with Crippen LogP contribution in [0.25, 0.3) is 0 Å². The average Bonchev–Trinajstić information content (AvgIpc) is 2.39. The van der Waals surface area contributed by atoms with E-state index in [1.165, 1.54) is 12.8 Å². The number of aliphatic hydroxyl groups excluding tert-OH is 1. The van der Waals surface area contributed by atoms with Gasteiger partial charge in [-0.25, -0.2) is 0 Å². The molecule has 11 heavy (non-hydrogen) atoms. The van der Waals surface area contributed by atoms with Crippen LogP contribution in [0.1, 0.15) is 19.8 Å². The molecule has 0 aromatic heterocycles. The Morgan fingerprint density at radius 1 is 1.45 bits per heavy atom. The molecule has 0 amide bonds. The van der Waals surface area contributed by atoms with E-state index < -0.39 is 0 Å². The maximum atomic E-state index is 9.13. The standard InChI is InChI=1S/C8H18N2O/c1-7(11)8(9)6-10-4-2-3-5-10/h7-8,11H,2-6,9H2,1H3. The molecule has 3 nitrogen and oxygen atoms in total. The van der Waals surface area contributed by atoms with Gasteiger partial charge in [0.05, 0.1) is 6.10 Å². The smallest absolute Gasteiger partial charge is 0.0675 e. The van der Waals surface area contributed by atoms with Crippen molar-refractivity contribution in [1.82, 2.24) is 4.90 Å². The summed E-state index contributed by atoms with van der Waals surface area (Å²) in [6.07, 6.45) is 2.19. The molecule has 0 radical (unpaired) electrons. The lowest BCUT2D eigenvalue weighted by Crippen LogP contribution is -2.42. The molecule has 3 N–H and O–H groups in total. The van der Waals surface area contributed by atoms with Gasteiger partial charge in [0.25, 0.3) is 0 Å². The van der Waals surface area contributed by atoms with E-state index >= 15 is 0 Å². The lowest BCUT2D eigenvalue weighted by atomic mass is 10.2. The molecule has 1 heterocycles. The highest BCUT2D eigenvalue weighted by Crippen LogP contribution is 2.07. The molecule has 0 aromatic rings. The van der Waals surface area contributed by atoms with Gasteiger partial charge in [-0.05, 0) is 32.9 Å². The minimum atomic E-state index is -0.379. The fourth-order valence-electron chi connectivity index (χ4n) is 1.42. The zero-order valence-electron chi connectivity index (χ0n) is 7.16. The monoisotopic (exact) mass is 158 g/mol. The van der Waals surface area contributed by atoms with Crippen LogP contribution in [0.4, 0.5) is 0 Å². The first-order chi connectivity index (χ1) is 5.20. The highest BCUT2D eigenvalue weighted by atomic mass is 16.3. The Morgan fingerprint density at radius 3 is 2.45 bits per heavy atom. The van der Waals surface area contributed by atoms with E-state index in [0.717, 1.165) is 19.6 Å². The third kappa shape index (κ3) is 2.77. The number of aliphatic hydroxyl groups is 1. The van der Waals surface area contributed by atoms with Crippen LogP contribution >= 0.6 is 0 Å². The summed E-state index contributed by atoms with van der Waals surface area (Å²) in [5.41, 5.74) is 5.70. The first-order valence-corrected chi connectivity index (χ1v) is 4.36. The summed E-state index contributed by atoms with van der Waals surface area (Å²) < 4.78 is 0. The summed E-state index contributed by atoms with van der Waals surface area (Å²) in [4.78, 5) is 2.32. The minimum Gasteiger partial charge on any atom is -0.392 e. The van der Waals surface area contributed by atoms with Crippen LogP contribution in [-0.2, 0) is 0 Å². The molecular weight excluding hydrogens is 140 g/mol. The van der Waals surface area contributed by atoms with Crippen molar-refractivity contribution in [2.24, 2.45) is 5.73 Å². The van der Waals surface area contributed by atoms with E-state index in [1.54, 1.807) is 6.92 Å². The Hall–Kier alpha value is -0.120. The van der Waals surface area contributed by atoms with Crippen LogP contribution in [0.3, 0.4) is 0 Å². The third-order valence-electron chi connectivity index (χ3n) is 2.29. The van der Waals surface area contributed by atoms with Crippen molar-refractivity contribution in [1.29, 1.82) is 0 Å². The summed E-state index contributed by atoms with van der Waals surface area (Å²) in [5, 5.41) is 9.13. The number of hydrogen-bond donors (Lipinski definition) is 2. The number of nitrogens with two attached hydrogens (primary N) is 1. The van der Waals surface area contributed by atoms with Crippen LogP contribution in [0.5, 0.6) is 0 Å². The molecule has 66 valence electrons. The van der Waals surface area contributed by atoms with Gasteiger partial charge in [0.15, 0.2) is 0 Å². The predicted molar refractivity (Wildman–Crippen MR) is 45.3 cm³/mol. The van der Waals surface area contributed by atoms with Gasteiger partial charge in [-0.1, -0.05) is 0 Å². The molecule has 1 fully saturated rings. The summed E-state index contributed by atoms with van der Waals surface area (Å²) in [7, 11) is 0. The molecule has 2 atom stereocenters. The molecule has 0 saturated carbocycles. The fourth-order valence-corrected chi connectivity index (χ4v) is 1.42. The summed E-state index contributed by atoms with van der Waals surface area (Å²) in [6.45, 7) is 4.90. The van der Waals surface area contributed by atoms with Crippen LogP contribution in [0.15, 0.2) is 0 Å². The second kappa shape index (κ2) is 4.04. The zero-order valence-corrected chi connectivity index (χ0v) is 7.16. The number of likely N-dealkylation sites (tertiary alicyclic amines) is 1. The van der Waals surface area contributed by atoms with Gasteiger partial charge in [-0.15, -0.1) is 0 Å². The fraction of sp³-hybridized carbons (Fsp3) is 1.00. The first-order valence-electron chi connectivity index (χ1n) is 4.36. The molecule has 0 bridgehead atoms. The largest absolute Gasteiger partial charge is 0.392 e. The van der Waals surface area contributed by atoms with Gasteiger partial charge in [0, 0.05) is 12.6 Å². The van der Waals surface area contributed by atoms with Crippen molar-refractivity contribution in [3.05, 3.63) is 0 Å².